The molecule has 0 saturated carbocycles. The molecule has 0 radical (unpaired) electrons. The summed E-state index contributed by atoms with van der Waals surface area (Å²) in [5.41, 5.74) is 6.56. The van der Waals surface area contributed by atoms with Gasteiger partial charge in [-0.05, 0) is 130 Å². The van der Waals surface area contributed by atoms with Crippen LogP contribution in [0.4, 0.5) is 34.5 Å². The van der Waals surface area contributed by atoms with E-state index >= 15 is 0 Å². The largest absolute Gasteiger partial charge is 0.387 e. The highest BCUT2D eigenvalue weighted by Crippen LogP contribution is 2.22. The third-order valence-corrected chi connectivity index (χ3v) is 10.1. The molecule has 6 heterocycles. The molecule has 0 aliphatic heterocycles. The Hall–Kier alpha value is -7.61. The Balaban J connectivity index is 0.000000162. The van der Waals surface area contributed by atoms with Crippen LogP contribution in [0.2, 0.25) is 20.4 Å². The Labute approximate surface area is 422 Å². The molecule has 5 N–H and O–H groups in total. The minimum Gasteiger partial charge on any atom is -0.387 e. The van der Waals surface area contributed by atoms with Crippen LogP contribution in [0.5, 0.6) is 0 Å². The number of carbonyl (C=O) groups excluding carboxylic acids is 2. The van der Waals surface area contributed by atoms with Crippen molar-refractivity contribution in [1.82, 2.24) is 59.7 Å². The average molecular weight is 1020 g/mol. The third kappa shape index (κ3) is 16.0. The summed E-state index contributed by atoms with van der Waals surface area (Å²) in [7, 11) is 0. The fourth-order valence-corrected chi connectivity index (χ4v) is 6.43. The summed E-state index contributed by atoms with van der Waals surface area (Å²) in [6.45, 7) is 10.2. The molecular weight excluding hydrogens is 976 g/mol. The number of halogens is 4. The van der Waals surface area contributed by atoms with Crippen LogP contribution in [0.3, 0.4) is 0 Å². The molecule has 0 amide bonds. The van der Waals surface area contributed by atoms with Crippen molar-refractivity contribution in [3.8, 4) is 11.9 Å². The fourth-order valence-electron chi connectivity index (χ4n) is 5.83. The van der Waals surface area contributed by atoms with Crippen LogP contribution in [0.15, 0.2) is 128 Å². The van der Waals surface area contributed by atoms with Crippen molar-refractivity contribution in [3.05, 3.63) is 182 Å². The molecule has 22 heteroatoms. The zero-order valence-corrected chi connectivity index (χ0v) is 41.4. The number of nitrogens with one attached hydrogen (secondary N) is 4. The molecule has 0 spiro atoms. The van der Waals surface area contributed by atoms with E-state index in [-0.39, 0.29) is 16.9 Å². The van der Waals surface area contributed by atoms with Gasteiger partial charge in [-0.25, -0.2) is 29.3 Å². The lowest BCUT2D eigenvalue weighted by Gasteiger charge is -2.08. The maximum atomic E-state index is 11.4. The number of aliphatic hydroxyl groups is 1. The zero-order valence-electron chi connectivity index (χ0n) is 38.4. The monoisotopic (exact) mass is 1020 g/mol. The van der Waals surface area contributed by atoms with Crippen LogP contribution < -0.4 is 16.0 Å². The normalized spacial score (nSPS) is 10.8. The number of nitrogens with zero attached hydrogens (tertiary/aromatic N) is 11. The second-order valence-corrected chi connectivity index (χ2v) is 16.7. The number of rotatable bonds is 11. The van der Waals surface area contributed by atoms with Crippen molar-refractivity contribution in [3.63, 3.8) is 0 Å². The van der Waals surface area contributed by atoms with Gasteiger partial charge in [0.05, 0.1) is 11.8 Å². The molecule has 9 aromatic rings. The number of carbonyl (C=O) groups is 2. The minimum atomic E-state index is -0.632. The topological polar surface area (TPSA) is 232 Å². The molecule has 3 aromatic carbocycles. The van der Waals surface area contributed by atoms with Gasteiger partial charge in [0.25, 0.3) is 11.9 Å². The van der Waals surface area contributed by atoms with E-state index in [2.05, 4.69) is 66.2 Å². The summed E-state index contributed by atoms with van der Waals surface area (Å²) in [6.07, 6.45) is 4.31. The molecule has 0 fully saturated rings. The van der Waals surface area contributed by atoms with E-state index in [1.807, 2.05) is 75.4 Å². The first kappa shape index (κ1) is 51.8. The highest BCUT2D eigenvalue weighted by molar-refractivity contribution is 6.31. The maximum Gasteiger partial charge on any atom is 0.252 e. The van der Waals surface area contributed by atoms with Gasteiger partial charge in [0.1, 0.15) is 28.8 Å². The quantitative estimate of drug-likeness (QED) is 0.0599. The van der Waals surface area contributed by atoms with Crippen LogP contribution in [-0.4, -0.2) is 76.3 Å². The number of aromatic amines is 1. The smallest absolute Gasteiger partial charge is 0.252 e. The molecule has 1 atom stereocenters. The van der Waals surface area contributed by atoms with Gasteiger partial charge >= 0.3 is 0 Å². The number of ketones is 2. The molecule has 1 unspecified atom stereocenters. The van der Waals surface area contributed by atoms with Crippen molar-refractivity contribution < 1.29 is 14.7 Å². The van der Waals surface area contributed by atoms with E-state index in [4.69, 9.17) is 46.4 Å². The Morgan fingerprint density at radius 1 is 0.557 bits per heavy atom. The first-order valence-electron chi connectivity index (χ1n) is 21.1. The van der Waals surface area contributed by atoms with Crippen molar-refractivity contribution in [2.75, 3.05) is 16.0 Å². The SMILES string of the molecule is CC(=O)c1ccn(-c2nc(C)cc(Nc3ccc(Cl)cc3)n2)n1.CC(=O)c1ccn[nH]1.Cc1cc(Nc2ccc(Cl)cc2)nc(-n2ccc(C(C)O)n2)n1.Cc1cc(Nc2ccc(Cl)cc2)nc(Cl)n1. The standard InChI is InChI=1S/C16H16ClN5O.C16H14ClN5O.C11H9Cl2N3.C5H6N2O/c2*1-10-9-15(19-13-5-3-12(17)4-6-13)20-16(18-10)22-8-7-14(21-22)11(2)23;1-7-6-10(16-11(13)14-7)15-9-4-2-8(12)3-5-9;1-4(8)5-2-3-6-7-5/h3-9,11,23H,1-2H3,(H,18,19,20);3-9H,1-2H3,(H,18,19,20);2-6H,1H3,(H,14,15,16);2-3H,1H3,(H,6,7). The molecule has 18 nitrogen and oxygen atoms in total. The number of Topliss-reactive ketones (excluding diaryl/α,β-unsaturated/α-hetero) is 2. The highest BCUT2D eigenvalue weighted by Gasteiger charge is 2.12. The van der Waals surface area contributed by atoms with E-state index in [9.17, 15) is 14.7 Å². The second kappa shape index (κ2) is 24.6. The maximum absolute atomic E-state index is 11.4. The van der Waals surface area contributed by atoms with Crippen molar-refractivity contribution in [2.24, 2.45) is 0 Å². The van der Waals surface area contributed by atoms with Gasteiger partial charge in [-0.15, -0.1) is 0 Å². The molecule has 9 rings (SSSR count). The van der Waals surface area contributed by atoms with E-state index in [1.54, 1.807) is 84.8 Å². The number of aryl methyl sites for hydroxylation is 3. The van der Waals surface area contributed by atoms with Crippen LogP contribution in [0, 0.1) is 20.8 Å². The van der Waals surface area contributed by atoms with Gasteiger partial charge in [0.2, 0.25) is 5.28 Å². The van der Waals surface area contributed by atoms with Gasteiger partial charge in [-0.2, -0.15) is 25.3 Å². The van der Waals surface area contributed by atoms with Gasteiger partial charge in [0, 0.05) is 99.8 Å². The van der Waals surface area contributed by atoms with Gasteiger partial charge in [-0.3, -0.25) is 14.7 Å². The number of hydrogen-bond donors (Lipinski definition) is 5. The first-order chi connectivity index (χ1) is 33.5. The van der Waals surface area contributed by atoms with Crippen LogP contribution >= 0.6 is 46.4 Å². The predicted octanol–water partition coefficient (Wildman–Crippen LogP) is 11.4. The lowest BCUT2D eigenvalue weighted by molar-refractivity contribution is 0.1000. The van der Waals surface area contributed by atoms with E-state index in [0.29, 0.717) is 61.5 Å². The van der Waals surface area contributed by atoms with Crippen molar-refractivity contribution in [2.45, 2.75) is 47.6 Å². The van der Waals surface area contributed by atoms with Gasteiger partial charge in [-0.1, -0.05) is 34.8 Å². The Morgan fingerprint density at radius 2 is 0.986 bits per heavy atom. The summed E-state index contributed by atoms with van der Waals surface area (Å²) in [5, 5.41) is 36.0. The summed E-state index contributed by atoms with van der Waals surface area (Å²) >= 11 is 23.3. The summed E-state index contributed by atoms with van der Waals surface area (Å²) in [5.74, 6) is 2.71. The predicted molar refractivity (Wildman–Crippen MR) is 273 cm³/mol. The number of aromatic nitrogens is 12. The molecule has 0 bridgehead atoms. The van der Waals surface area contributed by atoms with Crippen LogP contribution in [0.1, 0.15) is 70.6 Å². The number of aliphatic hydroxyl groups excluding tert-OH is 1. The first-order valence-corrected chi connectivity index (χ1v) is 22.6. The number of H-pyrrole nitrogens is 1. The summed E-state index contributed by atoms with van der Waals surface area (Å²) in [6, 6.07) is 32.5. The minimum absolute atomic E-state index is 0.0162. The zero-order chi connectivity index (χ0) is 50.3. The second-order valence-electron chi connectivity index (χ2n) is 15.0. The summed E-state index contributed by atoms with van der Waals surface area (Å²) < 4.78 is 3.03. The lowest BCUT2D eigenvalue weighted by atomic mass is 10.3. The van der Waals surface area contributed by atoms with E-state index in [0.717, 1.165) is 34.1 Å². The molecule has 358 valence electrons. The van der Waals surface area contributed by atoms with E-state index < -0.39 is 6.10 Å². The Kier molecular flexibility index (Phi) is 18.2. The van der Waals surface area contributed by atoms with Gasteiger partial charge < -0.3 is 21.1 Å². The molecule has 70 heavy (non-hydrogen) atoms. The van der Waals surface area contributed by atoms with Crippen molar-refractivity contribution >= 4 is 92.5 Å². The van der Waals surface area contributed by atoms with Crippen LogP contribution in [-0.2, 0) is 0 Å². The fraction of sp³-hybridized carbons (Fsp3) is 0.146. The average Bonchev–Trinajstić information content (AvgIpc) is 4.13. The highest BCUT2D eigenvalue weighted by atomic mass is 35.5. The van der Waals surface area contributed by atoms with Crippen LogP contribution in [0.25, 0.3) is 11.9 Å². The number of anilines is 6. The molecule has 0 saturated heterocycles. The summed E-state index contributed by atoms with van der Waals surface area (Å²) in [4.78, 5) is 47.4. The van der Waals surface area contributed by atoms with Gasteiger partial charge in [0.15, 0.2) is 11.6 Å². The van der Waals surface area contributed by atoms with E-state index in [1.165, 1.54) is 18.5 Å². The molecular formula is C48H45Cl4N15O3. The number of benzene rings is 3. The molecule has 0 aliphatic rings. The molecule has 0 aliphatic carbocycles. The lowest BCUT2D eigenvalue weighted by Crippen LogP contribution is -2.07. The third-order valence-electron chi connectivity index (χ3n) is 9.14. The Bertz CT molecular complexity index is 3130. The molecule has 6 aromatic heterocycles. The van der Waals surface area contributed by atoms with Crippen molar-refractivity contribution in [1.29, 1.82) is 0 Å². The Morgan fingerprint density at radius 3 is 1.34 bits per heavy atom. The number of hydrogen-bond acceptors (Lipinski definition) is 15.